The maximum Gasteiger partial charge on any atom is 0.302 e. The van der Waals surface area contributed by atoms with Crippen molar-refractivity contribution in [3.63, 3.8) is 0 Å². The van der Waals surface area contributed by atoms with Gasteiger partial charge in [-0.15, -0.1) is 0 Å². The second-order valence-electron chi connectivity index (χ2n) is 4.49. The van der Waals surface area contributed by atoms with Crippen LogP contribution in [0.15, 0.2) is 48.5 Å². The second-order valence-corrected chi connectivity index (χ2v) is 4.49. The highest BCUT2D eigenvalue weighted by Gasteiger charge is 2.03. The molecule has 0 aliphatic heterocycles. The van der Waals surface area contributed by atoms with Crippen LogP contribution in [-0.4, -0.2) is 18.9 Å². The molecule has 0 saturated heterocycles. The molecule has 0 fully saturated rings. The molecule has 0 unspecified atom stereocenters. The Bertz CT molecular complexity index is 600. The van der Waals surface area contributed by atoms with E-state index in [1.165, 1.54) is 6.92 Å². The zero-order chi connectivity index (χ0) is 14.4. The molecule has 2 aromatic rings. The fourth-order valence-electron chi connectivity index (χ4n) is 2.03. The van der Waals surface area contributed by atoms with E-state index in [0.29, 0.717) is 18.6 Å². The van der Waals surface area contributed by atoms with E-state index in [0.717, 1.165) is 23.0 Å². The molecule has 3 heteroatoms. The van der Waals surface area contributed by atoms with Crippen LogP contribution in [0.4, 0.5) is 0 Å². The summed E-state index contributed by atoms with van der Waals surface area (Å²) in [4.78, 5) is 21.7. The molecule has 0 aromatic heterocycles. The summed E-state index contributed by atoms with van der Waals surface area (Å²) in [7, 11) is 0. The van der Waals surface area contributed by atoms with Gasteiger partial charge in [0.25, 0.3) is 0 Å². The number of rotatable bonds is 5. The number of carbonyl (C=O) groups excluding carboxylic acids is 2. The topological polar surface area (TPSA) is 43.4 Å². The third kappa shape index (κ3) is 3.54. The third-order valence-electron chi connectivity index (χ3n) is 3.05. The molecule has 20 heavy (non-hydrogen) atoms. The van der Waals surface area contributed by atoms with Crippen molar-refractivity contribution in [3.05, 3.63) is 59.7 Å². The Balaban J connectivity index is 2.11. The quantitative estimate of drug-likeness (QED) is 0.617. The van der Waals surface area contributed by atoms with Crippen molar-refractivity contribution in [2.24, 2.45) is 0 Å². The lowest BCUT2D eigenvalue weighted by Crippen LogP contribution is -2.03. The van der Waals surface area contributed by atoms with Crippen LogP contribution in [0.2, 0.25) is 0 Å². The molecule has 0 bridgehead atoms. The largest absolute Gasteiger partial charge is 0.466 e. The highest BCUT2D eigenvalue weighted by atomic mass is 16.5. The summed E-state index contributed by atoms with van der Waals surface area (Å²) in [6.45, 7) is 1.79. The van der Waals surface area contributed by atoms with Gasteiger partial charge in [-0.3, -0.25) is 9.59 Å². The maximum absolute atomic E-state index is 11.0. The van der Waals surface area contributed by atoms with Crippen molar-refractivity contribution >= 4 is 12.3 Å². The van der Waals surface area contributed by atoms with Crippen molar-refractivity contribution < 1.29 is 14.3 Å². The average molecular weight is 268 g/mol. The van der Waals surface area contributed by atoms with Crippen LogP contribution in [0, 0.1) is 0 Å². The minimum absolute atomic E-state index is 0.262. The van der Waals surface area contributed by atoms with E-state index in [-0.39, 0.29) is 5.97 Å². The molecular formula is C17H16O3. The predicted molar refractivity (Wildman–Crippen MR) is 77.6 cm³/mol. The Morgan fingerprint density at radius 1 is 1.10 bits per heavy atom. The summed E-state index contributed by atoms with van der Waals surface area (Å²) in [6.07, 6.45) is 1.55. The number of benzene rings is 2. The Morgan fingerprint density at radius 3 is 2.45 bits per heavy atom. The van der Waals surface area contributed by atoms with Gasteiger partial charge in [0.05, 0.1) is 6.61 Å². The van der Waals surface area contributed by atoms with Gasteiger partial charge in [-0.05, 0) is 16.7 Å². The zero-order valence-corrected chi connectivity index (χ0v) is 11.3. The summed E-state index contributed by atoms with van der Waals surface area (Å²) < 4.78 is 4.91. The van der Waals surface area contributed by atoms with Gasteiger partial charge in [0.15, 0.2) is 6.29 Å². The summed E-state index contributed by atoms with van der Waals surface area (Å²) in [5.41, 5.74) is 3.71. The van der Waals surface area contributed by atoms with Crippen LogP contribution in [0.25, 0.3) is 11.1 Å². The molecule has 0 spiro atoms. The minimum atomic E-state index is -0.262. The second kappa shape index (κ2) is 6.66. The van der Waals surface area contributed by atoms with E-state index >= 15 is 0 Å². The van der Waals surface area contributed by atoms with Crippen molar-refractivity contribution in [1.82, 2.24) is 0 Å². The van der Waals surface area contributed by atoms with Crippen LogP contribution in [0.3, 0.4) is 0 Å². The lowest BCUT2D eigenvalue weighted by Gasteiger charge is -2.07. The SMILES string of the molecule is CC(=O)OCCc1ccc(-c2ccccc2C=O)cc1. The van der Waals surface area contributed by atoms with Gasteiger partial charge in [0, 0.05) is 18.9 Å². The van der Waals surface area contributed by atoms with Crippen LogP contribution in [0.1, 0.15) is 22.8 Å². The van der Waals surface area contributed by atoms with E-state index in [1.807, 2.05) is 42.5 Å². The first-order valence-electron chi connectivity index (χ1n) is 6.47. The summed E-state index contributed by atoms with van der Waals surface area (Å²) in [5.74, 6) is -0.262. The molecule has 0 aliphatic carbocycles. The van der Waals surface area contributed by atoms with Crippen LogP contribution < -0.4 is 0 Å². The third-order valence-corrected chi connectivity index (χ3v) is 3.05. The van der Waals surface area contributed by atoms with E-state index in [4.69, 9.17) is 4.74 Å². The van der Waals surface area contributed by atoms with Crippen LogP contribution >= 0.6 is 0 Å². The first-order chi connectivity index (χ1) is 9.70. The first kappa shape index (κ1) is 14.0. The minimum Gasteiger partial charge on any atom is -0.466 e. The molecule has 2 aromatic carbocycles. The standard InChI is InChI=1S/C17H16O3/c1-13(19)20-11-10-14-6-8-15(9-7-14)17-5-3-2-4-16(17)12-18/h2-9,12H,10-11H2,1H3. The van der Waals surface area contributed by atoms with E-state index in [2.05, 4.69) is 0 Å². The Kier molecular flexibility index (Phi) is 4.66. The number of aldehydes is 1. The molecule has 0 amide bonds. The Labute approximate surface area is 118 Å². The smallest absolute Gasteiger partial charge is 0.302 e. The molecular weight excluding hydrogens is 252 g/mol. The van der Waals surface area contributed by atoms with Gasteiger partial charge < -0.3 is 4.74 Å². The van der Waals surface area contributed by atoms with E-state index in [1.54, 1.807) is 6.07 Å². The van der Waals surface area contributed by atoms with Crippen molar-refractivity contribution in [2.45, 2.75) is 13.3 Å². The van der Waals surface area contributed by atoms with Gasteiger partial charge in [-0.1, -0.05) is 48.5 Å². The lowest BCUT2D eigenvalue weighted by atomic mass is 9.99. The fraction of sp³-hybridized carbons (Fsp3) is 0.176. The maximum atomic E-state index is 11.0. The molecule has 2 rings (SSSR count). The van der Waals surface area contributed by atoms with Gasteiger partial charge in [-0.2, -0.15) is 0 Å². The molecule has 102 valence electrons. The zero-order valence-electron chi connectivity index (χ0n) is 11.3. The molecule has 0 heterocycles. The van der Waals surface area contributed by atoms with Gasteiger partial charge in [0.2, 0.25) is 0 Å². The van der Waals surface area contributed by atoms with Gasteiger partial charge >= 0.3 is 5.97 Å². The number of esters is 1. The predicted octanol–water partition coefficient (Wildman–Crippen LogP) is 3.27. The molecule has 0 radical (unpaired) electrons. The number of ether oxygens (including phenoxy) is 1. The van der Waals surface area contributed by atoms with Gasteiger partial charge in [-0.25, -0.2) is 0 Å². The van der Waals surface area contributed by atoms with E-state index in [9.17, 15) is 9.59 Å². The van der Waals surface area contributed by atoms with E-state index < -0.39 is 0 Å². The molecule has 0 atom stereocenters. The van der Waals surface area contributed by atoms with Crippen molar-refractivity contribution in [2.75, 3.05) is 6.61 Å². The molecule has 0 N–H and O–H groups in total. The average Bonchev–Trinajstić information content (AvgIpc) is 2.47. The fourth-order valence-corrected chi connectivity index (χ4v) is 2.03. The first-order valence-corrected chi connectivity index (χ1v) is 6.47. The van der Waals surface area contributed by atoms with Crippen molar-refractivity contribution in [3.8, 4) is 11.1 Å². The summed E-state index contributed by atoms with van der Waals surface area (Å²) >= 11 is 0. The highest BCUT2D eigenvalue weighted by Crippen LogP contribution is 2.23. The summed E-state index contributed by atoms with van der Waals surface area (Å²) in [6, 6.07) is 15.4. The lowest BCUT2D eigenvalue weighted by molar-refractivity contribution is -0.140. The van der Waals surface area contributed by atoms with Crippen LogP contribution in [0.5, 0.6) is 0 Å². The number of hydrogen-bond acceptors (Lipinski definition) is 3. The number of hydrogen-bond donors (Lipinski definition) is 0. The number of carbonyl (C=O) groups is 2. The monoisotopic (exact) mass is 268 g/mol. The van der Waals surface area contributed by atoms with Crippen LogP contribution in [-0.2, 0) is 16.0 Å². The highest BCUT2D eigenvalue weighted by molar-refractivity contribution is 5.87. The molecule has 3 nitrogen and oxygen atoms in total. The van der Waals surface area contributed by atoms with Crippen molar-refractivity contribution in [1.29, 1.82) is 0 Å². The Morgan fingerprint density at radius 2 is 1.80 bits per heavy atom. The molecule has 0 saturated carbocycles. The summed E-state index contributed by atoms with van der Waals surface area (Å²) in [5, 5.41) is 0. The Hall–Kier alpha value is -2.42. The van der Waals surface area contributed by atoms with Gasteiger partial charge in [0.1, 0.15) is 0 Å². The normalized spacial score (nSPS) is 10.1. The molecule has 0 aliphatic rings.